The van der Waals surface area contributed by atoms with Crippen molar-refractivity contribution in [3.05, 3.63) is 54.1 Å². The Balaban J connectivity index is 2.63. The SMILES string of the molecule is COc1c(-c2ccccc2)cccc1C(C)(C)O. The zero-order valence-electron chi connectivity index (χ0n) is 11.0. The highest BCUT2D eigenvalue weighted by Crippen LogP contribution is 2.37. The molecule has 0 bridgehead atoms. The van der Waals surface area contributed by atoms with Crippen LogP contribution in [0.4, 0.5) is 0 Å². The van der Waals surface area contributed by atoms with Crippen molar-refractivity contribution in [1.29, 1.82) is 0 Å². The monoisotopic (exact) mass is 242 g/mol. The largest absolute Gasteiger partial charge is 0.496 e. The third kappa shape index (κ3) is 2.39. The standard InChI is InChI=1S/C16H18O2/c1-16(2,17)14-11-7-10-13(15(14)18-3)12-8-5-4-6-9-12/h4-11,17H,1-3H3. The summed E-state index contributed by atoms with van der Waals surface area (Å²) in [5, 5.41) is 10.2. The molecular weight excluding hydrogens is 224 g/mol. The van der Waals surface area contributed by atoms with Gasteiger partial charge >= 0.3 is 0 Å². The van der Waals surface area contributed by atoms with E-state index in [1.165, 1.54) is 0 Å². The van der Waals surface area contributed by atoms with Crippen LogP contribution in [-0.2, 0) is 5.60 Å². The number of methoxy groups -OCH3 is 1. The van der Waals surface area contributed by atoms with Gasteiger partial charge in [0.25, 0.3) is 0 Å². The Morgan fingerprint density at radius 2 is 1.61 bits per heavy atom. The minimum atomic E-state index is -0.921. The lowest BCUT2D eigenvalue weighted by Gasteiger charge is -2.22. The summed E-state index contributed by atoms with van der Waals surface area (Å²) in [6, 6.07) is 15.9. The van der Waals surface area contributed by atoms with Gasteiger partial charge in [-0.25, -0.2) is 0 Å². The van der Waals surface area contributed by atoms with E-state index in [0.29, 0.717) is 0 Å². The lowest BCUT2D eigenvalue weighted by atomic mass is 9.92. The molecule has 0 aliphatic carbocycles. The molecule has 2 aromatic carbocycles. The van der Waals surface area contributed by atoms with Crippen LogP contribution in [0.2, 0.25) is 0 Å². The summed E-state index contributed by atoms with van der Waals surface area (Å²) in [7, 11) is 1.64. The van der Waals surface area contributed by atoms with Crippen LogP contribution in [0.3, 0.4) is 0 Å². The lowest BCUT2D eigenvalue weighted by molar-refractivity contribution is 0.0757. The number of benzene rings is 2. The van der Waals surface area contributed by atoms with Crippen molar-refractivity contribution < 1.29 is 9.84 Å². The molecule has 94 valence electrons. The minimum Gasteiger partial charge on any atom is -0.496 e. The van der Waals surface area contributed by atoms with E-state index in [2.05, 4.69) is 0 Å². The van der Waals surface area contributed by atoms with Crippen molar-refractivity contribution in [2.45, 2.75) is 19.4 Å². The van der Waals surface area contributed by atoms with Gasteiger partial charge in [0.05, 0.1) is 12.7 Å². The van der Waals surface area contributed by atoms with E-state index in [1.807, 2.05) is 48.5 Å². The molecule has 0 amide bonds. The van der Waals surface area contributed by atoms with Crippen LogP contribution in [0.15, 0.2) is 48.5 Å². The fourth-order valence-corrected chi connectivity index (χ4v) is 2.08. The van der Waals surface area contributed by atoms with Crippen molar-refractivity contribution in [3.63, 3.8) is 0 Å². The molecule has 2 nitrogen and oxygen atoms in total. The molecule has 0 radical (unpaired) electrons. The van der Waals surface area contributed by atoms with E-state index < -0.39 is 5.60 Å². The maximum Gasteiger partial charge on any atom is 0.132 e. The quantitative estimate of drug-likeness (QED) is 0.891. The van der Waals surface area contributed by atoms with E-state index in [0.717, 1.165) is 22.4 Å². The Kier molecular flexibility index (Phi) is 3.39. The van der Waals surface area contributed by atoms with Crippen molar-refractivity contribution >= 4 is 0 Å². The molecule has 0 saturated heterocycles. The second kappa shape index (κ2) is 4.83. The second-order valence-corrected chi connectivity index (χ2v) is 4.81. The van der Waals surface area contributed by atoms with Crippen molar-refractivity contribution in [1.82, 2.24) is 0 Å². The first-order chi connectivity index (χ1) is 8.54. The van der Waals surface area contributed by atoms with Crippen molar-refractivity contribution in [3.8, 4) is 16.9 Å². The van der Waals surface area contributed by atoms with Gasteiger partial charge in [0.15, 0.2) is 0 Å². The molecule has 0 spiro atoms. The number of para-hydroxylation sites is 1. The molecule has 0 saturated carbocycles. The summed E-state index contributed by atoms with van der Waals surface area (Å²) in [4.78, 5) is 0. The Morgan fingerprint density at radius 1 is 0.944 bits per heavy atom. The van der Waals surface area contributed by atoms with Crippen molar-refractivity contribution in [2.75, 3.05) is 7.11 Å². The average Bonchev–Trinajstić information content (AvgIpc) is 2.37. The summed E-state index contributed by atoms with van der Waals surface area (Å²) in [6.07, 6.45) is 0. The molecule has 0 aliphatic heterocycles. The van der Waals surface area contributed by atoms with Crippen LogP contribution in [0.1, 0.15) is 19.4 Å². The fraction of sp³-hybridized carbons (Fsp3) is 0.250. The van der Waals surface area contributed by atoms with Gasteiger partial charge in [-0.15, -0.1) is 0 Å². The Bertz CT molecular complexity index is 525. The molecule has 0 aliphatic rings. The lowest BCUT2D eigenvalue weighted by Crippen LogP contribution is -2.17. The van der Waals surface area contributed by atoms with Crippen LogP contribution < -0.4 is 4.74 Å². The van der Waals surface area contributed by atoms with Gasteiger partial charge in [-0.05, 0) is 19.4 Å². The summed E-state index contributed by atoms with van der Waals surface area (Å²) in [6.45, 7) is 3.53. The van der Waals surface area contributed by atoms with Gasteiger partial charge in [0.2, 0.25) is 0 Å². The van der Waals surface area contributed by atoms with E-state index in [4.69, 9.17) is 4.74 Å². The first kappa shape index (κ1) is 12.7. The predicted molar refractivity (Wildman–Crippen MR) is 73.7 cm³/mol. The van der Waals surface area contributed by atoms with Gasteiger partial charge in [-0.2, -0.15) is 0 Å². The fourth-order valence-electron chi connectivity index (χ4n) is 2.08. The molecule has 0 aromatic heterocycles. The maximum atomic E-state index is 10.2. The number of rotatable bonds is 3. The highest BCUT2D eigenvalue weighted by Gasteiger charge is 2.22. The Hall–Kier alpha value is -1.80. The van der Waals surface area contributed by atoms with Crippen LogP contribution in [0.5, 0.6) is 5.75 Å². The van der Waals surface area contributed by atoms with Crippen molar-refractivity contribution in [2.24, 2.45) is 0 Å². The molecule has 2 heteroatoms. The highest BCUT2D eigenvalue weighted by molar-refractivity contribution is 5.72. The third-order valence-electron chi connectivity index (χ3n) is 2.96. The number of aliphatic hydroxyl groups is 1. The first-order valence-corrected chi connectivity index (χ1v) is 5.99. The normalized spacial score (nSPS) is 11.3. The smallest absolute Gasteiger partial charge is 0.132 e. The minimum absolute atomic E-state index is 0.733. The van der Waals surface area contributed by atoms with E-state index in [-0.39, 0.29) is 0 Å². The number of ether oxygens (including phenoxy) is 1. The van der Waals surface area contributed by atoms with Crippen LogP contribution in [-0.4, -0.2) is 12.2 Å². The zero-order chi connectivity index (χ0) is 13.2. The molecular formula is C16H18O2. The molecule has 18 heavy (non-hydrogen) atoms. The summed E-state index contributed by atoms with van der Waals surface area (Å²) < 4.78 is 5.50. The molecule has 0 atom stereocenters. The third-order valence-corrected chi connectivity index (χ3v) is 2.96. The second-order valence-electron chi connectivity index (χ2n) is 4.81. The van der Waals surface area contributed by atoms with E-state index in [1.54, 1.807) is 21.0 Å². The highest BCUT2D eigenvalue weighted by atomic mass is 16.5. The molecule has 2 rings (SSSR count). The topological polar surface area (TPSA) is 29.5 Å². The van der Waals surface area contributed by atoms with Gasteiger partial charge < -0.3 is 9.84 Å². The van der Waals surface area contributed by atoms with Crippen LogP contribution in [0.25, 0.3) is 11.1 Å². The summed E-state index contributed by atoms with van der Waals surface area (Å²) in [5.74, 6) is 0.733. The van der Waals surface area contributed by atoms with Gasteiger partial charge in [-0.3, -0.25) is 0 Å². The number of hydrogen-bond donors (Lipinski definition) is 1. The summed E-state index contributed by atoms with van der Waals surface area (Å²) in [5.41, 5.74) is 1.96. The molecule has 0 heterocycles. The van der Waals surface area contributed by atoms with E-state index in [9.17, 15) is 5.11 Å². The Morgan fingerprint density at radius 3 is 2.17 bits per heavy atom. The molecule has 0 fully saturated rings. The van der Waals surface area contributed by atoms with Crippen LogP contribution >= 0.6 is 0 Å². The maximum absolute atomic E-state index is 10.2. The molecule has 0 unspecified atom stereocenters. The summed E-state index contributed by atoms with van der Waals surface area (Å²) >= 11 is 0. The first-order valence-electron chi connectivity index (χ1n) is 5.99. The van der Waals surface area contributed by atoms with Gasteiger partial charge in [0, 0.05) is 11.1 Å². The van der Waals surface area contributed by atoms with Gasteiger partial charge in [-0.1, -0.05) is 48.5 Å². The molecule has 2 aromatic rings. The predicted octanol–water partition coefficient (Wildman–Crippen LogP) is 3.59. The molecule has 1 N–H and O–H groups in total. The zero-order valence-corrected chi connectivity index (χ0v) is 11.0. The Labute approximate surface area is 108 Å². The average molecular weight is 242 g/mol. The van der Waals surface area contributed by atoms with Gasteiger partial charge in [0.1, 0.15) is 5.75 Å². The van der Waals surface area contributed by atoms with E-state index >= 15 is 0 Å². The van der Waals surface area contributed by atoms with Crippen LogP contribution in [0, 0.1) is 0 Å². The number of hydrogen-bond acceptors (Lipinski definition) is 2.